The van der Waals surface area contributed by atoms with Gasteiger partial charge in [0.1, 0.15) is 0 Å². The molecular weight excluding hydrogens is 418 g/mol. The quantitative estimate of drug-likeness (QED) is 0.161. The molecule has 2 atom stereocenters. The van der Waals surface area contributed by atoms with Crippen molar-refractivity contribution in [1.82, 2.24) is 5.32 Å². The minimum Gasteiger partial charge on any atom is -0.379 e. The highest BCUT2D eigenvalue weighted by molar-refractivity contribution is 5.14. The van der Waals surface area contributed by atoms with Crippen molar-refractivity contribution in [2.75, 3.05) is 19.8 Å². The van der Waals surface area contributed by atoms with Crippen LogP contribution in [0.4, 0.5) is 0 Å². The second-order valence-electron chi connectivity index (χ2n) is 10.5. The highest BCUT2D eigenvalue weighted by Crippen LogP contribution is 2.20. The van der Waals surface area contributed by atoms with E-state index in [2.05, 4.69) is 42.6 Å². The molecule has 3 heteroatoms. The van der Waals surface area contributed by atoms with Gasteiger partial charge in [-0.15, -0.1) is 0 Å². The van der Waals surface area contributed by atoms with Gasteiger partial charge in [-0.3, -0.25) is 0 Å². The molecule has 1 aliphatic heterocycles. The number of hydrogen-bond acceptors (Lipinski definition) is 3. The summed E-state index contributed by atoms with van der Waals surface area (Å²) in [6, 6.07) is 10.6. The monoisotopic (exact) mass is 473 g/mol. The van der Waals surface area contributed by atoms with E-state index < -0.39 is 0 Å². The van der Waals surface area contributed by atoms with Crippen LogP contribution in [0.3, 0.4) is 0 Å². The average molecular weight is 474 g/mol. The Bertz CT molecular complexity index is 550. The summed E-state index contributed by atoms with van der Waals surface area (Å²) in [6.07, 6.45) is 25.5. The maximum absolute atomic E-state index is 6.15. The van der Waals surface area contributed by atoms with E-state index >= 15 is 0 Å². The fourth-order valence-electron chi connectivity index (χ4n) is 4.99. The first kappa shape index (κ1) is 29.3. The van der Waals surface area contributed by atoms with Crippen molar-refractivity contribution in [3.05, 3.63) is 35.9 Å². The van der Waals surface area contributed by atoms with E-state index in [1.54, 1.807) is 0 Å². The van der Waals surface area contributed by atoms with Crippen molar-refractivity contribution in [3.8, 4) is 0 Å². The van der Waals surface area contributed by atoms with Crippen molar-refractivity contribution in [2.24, 2.45) is 0 Å². The molecule has 0 spiro atoms. The molecule has 0 radical (unpaired) electrons. The summed E-state index contributed by atoms with van der Waals surface area (Å²) in [5, 5.41) is 3.53. The topological polar surface area (TPSA) is 30.5 Å². The molecule has 3 nitrogen and oxygen atoms in total. The van der Waals surface area contributed by atoms with Gasteiger partial charge in [0.05, 0.1) is 18.8 Å². The summed E-state index contributed by atoms with van der Waals surface area (Å²) in [4.78, 5) is 0. The zero-order valence-electron chi connectivity index (χ0n) is 22.4. The number of benzene rings is 1. The molecule has 1 aromatic carbocycles. The van der Waals surface area contributed by atoms with E-state index in [9.17, 15) is 0 Å². The fraction of sp³-hybridized carbons (Fsp3) is 0.806. The zero-order chi connectivity index (χ0) is 23.9. The van der Waals surface area contributed by atoms with E-state index in [1.807, 2.05) is 0 Å². The lowest BCUT2D eigenvalue weighted by molar-refractivity contribution is -0.0150. The van der Waals surface area contributed by atoms with E-state index in [0.29, 0.717) is 12.2 Å². The van der Waals surface area contributed by atoms with Crippen molar-refractivity contribution < 1.29 is 9.47 Å². The molecule has 1 aliphatic rings. The third kappa shape index (κ3) is 15.9. The van der Waals surface area contributed by atoms with Gasteiger partial charge in [0, 0.05) is 19.7 Å². The van der Waals surface area contributed by atoms with Crippen LogP contribution < -0.4 is 5.32 Å². The van der Waals surface area contributed by atoms with Gasteiger partial charge in [-0.05, 0) is 24.8 Å². The molecular formula is C31H55NO2. The van der Waals surface area contributed by atoms with Gasteiger partial charge in [0.25, 0.3) is 0 Å². The molecule has 0 amide bonds. The SMILES string of the molecule is CCCCCCCCCCCCCCCCCCOC[C@H]1CC[C@@H](CNCc2ccccc2)O1. The molecule has 196 valence electrons. The predicted molar refractivity (Wildman–Crippen MR) is 146 cm³/mol. The number of hydrogen-bond donors (Lipinski definition) is 1. The Morgan fingerprint density at radius 3 is 1.82 bits per heavy atom. The Labute approximate surface area is 211 Å². The van der Waals surface area contributed by atoms with Gasteiger partial charge >= 0.3 is 0 Å². The molecule has 1 saturated heterocycles. The van der Waals surface area contributed by atoms with E-state index in [-0.39, 0.29) is 0 Å². The van der Waals surface area contributed by atoms with Crippen LogP contribution in [0.25, 0.3) is 0 Å². The lowest BCUT2D eigenvalue weighted by Crippen LogP contribution is -2.27. The second kappa shape index (κ2) is 21.4. The minimum atomic E-state index is 0.296. The molecule has 1 aromatic rings. The minimum absolute atomic E-state index is 0.296. The first-order valence-electron chi connectivity index (χ1n) is 14.9. The molecule has 0 aliphatic carbocycles. The molecule has 1 fully saturated rings. The Kier molecular flexibility index (Phi) is 18.5. The standard InChI is InChI=1S/C31H55NO2/c1-2-3-4-5-6-7-8-9-10-11-12-13-14-15-16-20-25-33-28-31-24-23-30(34-31)27-32-26-29-21-18-17-19-22-29/h17-19,21-22,30-32H,2-16,20,23-28H2,1H3/t30-,31+/m0/s1. The van der Waals surface area contributed by atoms with E-state index in [1.165, 1.54) is 108 Å². The van der Waals surface area contributed by atoms with E-state index in [0.717, 1.165) is 39.1 Å². The van der Waals surface area contributed by atoms with Crippen molar-refractivity contribution >= 4 is 0 Å². The van der Waals surface area contributed by atoms with Gasteiger partial charge < -0.3 is 14.8 Å². The average Bonchev–Trinajstić information content (AvgIpc) is 3.31. The number of nitrogens with one attached hydrogen (secondary N) is 1. The summed E-state index contributed by atoms with van der Waals surface area (Å²) >= 11 is 0. The van der Waals surface area contributed by atoms with Crippen LogP contribution in [-0.2, 0) is 16.0 Å². The highest BCUT2D eigenvalue weighted by Gasteiger charge is 2.24. The van der Waals surface area contributed by atoms with Crippen LogP contribution in [0.15, 0.2) is 30.3 Å². The summed E-state index contributed by atoms with van der Waals surface area (Å²) in [5.41, 5.74) is 1.33. The number of rotatable bonds is 23. The number of ether oxygens (including phenoxy) is 2. The van der Waals surface area contributed by atoms with Gasteiger partial charge in [-0.25, -0.2) is 0 Å². The Balaban J connectivity index is 1.26. The summed E-state index contributed by atoms with van der Waals surface area (Å²) < 4.78 is 12.1. The molecule has 0 aromatic heterocycles. The van der Waals surface area contributed by atoms with Crippen LogP contribution in [0.2, 0.25) is 0 Å². The third-order valence-electron chi connectivity index (χ3n) is 7.19. The van der Waals surface area contributed by atoms with Crippen molar-refractivity contribution in [1.29, 1.82) is 0 Å². The molecule has 0 unspecified atom stereocenters. The summed E-state index contributed by atoms with van der Waals surface area (Å²) in [6.45, 7) is 5.82. The molecule has 1 N–H and O–H groups in total. The molecule has 0 saturated carbocycles. The molecule has 34 heavy (non-hydrogen) atoms. The van der Waals surface area contributed by atoms with Crippen molar-refractivity contribution in [2.45, 2.75) is 141 Å². The first-order chi connectivity index (χ1) is 16.9. The smallest absolute Gasteiger partial charge is 0.0813 e. The van der Waals surface area contributed by atoms with Crippen LogP contribution >= 0.6 is 0 Å². The summed E-state index contributed by atoms with van der Waals surface area (Å²) in [7, 11) is 0. The maximum atomic E-state index is 6.15. The van der Waals surface area contributed by atoms with E-state index in [4.69, 9.17) is 9.47 Å². The number of unbranched alkanes of at least 4 members (excludes halogenated alkanes) is 15. The normalized spacial score (nSPS) is 18.0. The predicted octanol–water partition coefficient (Wildman–Crippen LogP) is 8.60. The highest BCUT2D eigenvalue weighted by atomic mass is 16.5. The van der Waals surface area contributed by atoms with Gasteiger partial charge in [0.2, 0.25) is 0 Å². The van der Waals surface area contributed by atoms with Gasteiger partial charge in [-0.1, -0.05) is 134 Å². The largest absolute Gasteiger partial charge is 0.379 e. The molecule has 1 heterocycles. The van der Waals surface area contributed by atoms with Gasteiger partial charge in [-0.2, -0.15) is 0 Å². The van der Waals surface area contributed by atoms with Gasteiger partial charge in [0.15, 0.2) is 0 Å². The first-order valence-corrected chi connectivity index (χ1v) is 14.9. The Hall–Kier alpha value is -0.900. The lowest BCUT2D eigenvalue weighted by atomic mass is 10.0. The molecule has 2 rings (SSSR count). The fourth-order valence-corrected chi connectivity index (χ4v) is 4.99. The Morgan fingerprint density at radius 2 is 1.24 bits per heavy atom. The lowest BCUT2D eigenvalue weighted by Gasteiger charge is -2.15. The third-order valence-corrected chi connectivity index (χ3v) is 7.19. The van der Waals surface area contributed by atoms with Crippen LogP contribution in [0.5, 0.6) is 0 Å². The summed E-state index contributed by atoms with van der Waals surface area (Å²) in [5.74, 6) is 0. The zero-order valence-corrected chi connectivity index (χ0v) is 22.4. The second-order valence-corrected chi connectivity index (χ2v) is 10.5. The van der Waals surface area contributed by atoms with Crippen LogP contribution in [0.1, 0.15) is 128 Å². The van der Waals surface area contributed by atoms with Crippen LogP contribution in [0, 0.1) is 0 Å². The molecule has 0 bridgehead atoms. The Morgan fingerprint density at radius 1 is 0.706 bits per heavy atom. The van der Waals surface area contributed by atoms with Crippen LogP contribution in [-0.4, -0.2) is 32.0 Å². The maximum Gasteiger partial charge on any atom is 0.0813 e. The van der Waals surface area contributed by atoms with Crippen molar-refractivity contribution in [3.63, 3.8) is 0 Å².